The van der Waals surface area contributed by atoms with Crippen LogP contribution in [-0.2, 0) is 32.6 Å². The van der Waals surface area contributed by atoms with Crippen molar-refractivity contribution in [3.63, 3.8) is 0 Å². The van der Waals surface area contributed by atoms with E-state index in [2.05, 4.69) is 5.32 Å². The molecule has 1 N–H and O–H groups in total. The maximum absolute atomic E-state index is 14.6. The van der Waals surface area contributed by atoms with Gasteiger partial charge in [0.1, 0.15) is 18.3 Å². The minimum atomic E-state index is -4.23. The first kappa shape index (κ1) is 35.5. The largest absolute Gasteiger partial charge is 0.497 e. The molecule has 1 unspecified atom stereocenters. The van der Waals surface area contributed by atoms with Crippen LogP contribution in [0.25, 0.3) is 0 Å². The van der Waals surface area contributed by atoms with Crippen molar-refractivity contribution in [2.75, 3.05) is 24.5 Å². The van der Waals surface area contributed by atoms with Crippen LogP contribution in [0, 0.1) is 13.8 Å². The van der Waals surface area contributed by atoms with Gasteiger partial charge in [-0.05, 0) is 73.4 Å². The first-order valence-electron chi connectivity index (χ1n) is 15.6. The van der Waals surface area contributed by atoms with Crippen LogP contribution in [-0.4, -0.2) is 51.4 Å². The summed E-state index contributed by atoms with van der Waals surface area (Å²) in [7, 11) is -2.67. The van der Waals surface area contributed by atoms with Gasteiger partial charge >= 0.3 is 0 Å². The smallest absolute Gasteiger partial charge is 0.264 e. The van der Waals surface area contributed by atoms with Crippen LogP contribution >= 0.6 is 11.6 Å². The van der Waals surface area contributed by atoms with Crippen LogP contribution in [0.5, 0.6) is 5.75 Å². The van der Waals surface area contributed by atoms with Crippen molar-refractivity contribution < 1.29 is 22.7 Å². The van der Waals surface area contributed by atoms with Crippen LogP contribution in [0.1, 0.15) is 42.0 Å². The van der Waals surface area contributed by atoms with E-state index in [0.717, 1.165) is 39.4 Å². The lowest BCUT2D eigenvalue weighted by molar-refractivity contribution is -0.140. The van der Waals surface area contributed by atoms with Gasteiger partial charge in [0.05, 0.1) is 17.7 Å². The predicted octanol–water partition coefficient (Wildman–Crippen LogP) is 6.72. The number of hydrogen-bond acceptors (Lipinski definition) is 5. The van der Waals surface area contributed by atoms with Crippen LogP contribution < -0.4 is 14.4 Å². The van der Waals surface area contributed by atoms with E-state index >= 15 is 0 Å². The zero-order valence-corrected chi connectivity index (χ0v) is 28.9. The fraction of sp³-hybridized carbons (Fsp3) is 0.297. The molecular weight excluding hydrogens is 634 g/mol. The summed E-state index contributed by atoms with van der Waals surface area (Å²) in [5.74, 6) is -0.267. The Balaban J connectivity index is 1.82. The monoisotopic (exact) mass is 675 g/mol. The molecule has 4 rings (SSSR count). The molecule has 10 heteroatoms. The molecule has 0 aliphatic rings. The molecule has 1 atom stereocenters. The fourth-order valence-electron chi connectivity index (χ4n) is 5.13. The normalized spacial score (nSPS) is 11.9. The van der Waals surface area contributed by atoms with Gasteiger partial charge in [0, 0.05) is 24.5 Å². The molecule has 0 heterocycles. The SMILES string of the molecule is CCCCNC(=O)C(Cc1ccccc1)N(Cc1cccc(OC)c1)C(=O)CN(c1ccc(C)c(Cl)c1)S(=O)(=O)c1ccc(C)cc1. The Morgan fingerprint density at radius 2 is 1.60 bits per heavy atom. The third-order valence-electron chi connectivity index (χ3n) is 7.92. The Hall–Kier alpha value is -4.34. The van der Waals surface area contributed by atoms with Gasteiger partial charge in [-0.1, -0.05) is 91.2 Å². The Kier molecular flexibility index (Phi) is 12.4. The molecule has 0 saturated carbocycles. The number of sulfonamides is 1. The quantitative estimate of drug-likeness (QED) is 0.141. The standard InChI is InChI=1S/C37H42ClN3O5S/c1-5-6-21-39-37(43)35(23-29-11-8-7-9-12-29)40(25-30-13-10-14-32(22-30)46-4)36(42)26-41(31-18-17-28(3)34(38)24-31)47(44,45)33-19-15-27(2)16-20-33/h7-20,22,24,35H,5-6,21,23,25-26H2,1-4H3,(H,39,43). The van der Waals surface area contributed by atoms with Gasteiger partial charge in [-0.15, -0.1) is 0 Å². The van der Waals surface area contributed by atoms with Crippen molar-refractivity contribution in [2.24, 2.45) is 0 Å². The van der Waals surface area contributed by atoms with E-state index in [1.54, 1.807) is 49.6 Å². The van der Waals surface area contributed by atoms with E-state index in [9.17, 15) is 18.0 Å². The lowest BCUT2D eigenvalue weighted by Gasteiger charge is -2.34. The third kappa shape index (κ3) is 9.36. The number of benzene rings is 4. The first-order chi connectivity index (χ1) is 22.5. The number of nitrogens with zero attached hydrogens (tertiary/aromatic N) is 2. The van der Waals surface area contributed by atoms with Gasteiger partial charge in [-0.2, -0.15) is 0 Å². The third-order valence-corrected chi connectivity index (χ3v) is 10.1. The maximum Gasteiger partial charge on any atom is 0.264 e. The van der Waals surface area contributed by atoms with Crippen molar-refractivity contribution in [2.45, 2.75) is 57.5 Å². The highest BCUT2D eigenvalue weighted by Gasteiger charge is 2.34. The average molecular weight is 676 g/mol. The molecule has 4 aromatic carbocycles. The Morgan fingerprint density at radius 1 is 0.894 bits per heavy atom. The minimum Gasteiger partial charge on any atom is -0.497 e. The molecule has 0 aliphatic heterocycles. The number of methoxy groups -OCH3 is 1. The summed E-state index contributed by atoms with van der Waals surface area (Å²) in [6, 6.07) is 27.1. The lowest BCUT2D eigenvalue weighted by atomic mass is 10.0. The van der Waals surface area contributed by atoms with E-state index in [1.807, 2.05) is 63.2 Å². The second kappa shape index (κ2) is 16.5. The van der Waals surface area contributed by atoms with E-state index in [0.29, 0.717) is 17.3 Å². The minimum absolute atomic E-state index is 0.0325. The number of ether oxygens (including phenoxy) is 1. The number of carbonyl (C=O) groups excluding carboxylic acids is 2. The number of unbranched alkanes of at least 4 members (excludes halogenated alkanes) is 1. The Labute approximate surface area is 283 Å². The molecule has 0 spiro atoms. The zero-order chi connectivity index (χ0) is 34.0. The van der Waals surface area contributed by atoms with E-state index in [4.69, 9.17) is 16.3 Å². The number of carbonyl (C=O) groups is 2. The molecule has 8 nitrogen and oxygen atoms in total. The Bertz CT molecular complexity index is 1760. The highest BCUT2D eigenvalue weighted by atomic mass is 35.5. The molecule has 0 bridgehead atoms. The molecule has 0 aliphatic carbocycles. The molecule has 4 aromatic rings. The summed E-state index contributed by atoms with van der Waals surface area (Å²) in [5, 5.41) is 3.37. The topological polar surface area (TPSA) is 96.0 Å². The van der Waals surface area contributed by atoms with Gasteiger partial charge in [0.15, 0.2) is 0 Å². The molecular formula is C37H42ClN3O5S. The highest BCUT2D eigenvalue weighted by Crippen LogP contribution is 2.29. The zero-order valence-electron chi connectivity index (χ0n) is 27.3. The van der Waals surface area contributed by atoms with Gasteiger partial charge in [0.2, 0.25) is 11.8 Å². The first-order valence-corrected chi connectivity index (χ1v) is 17.4. The average Bonchev–Trinajstić information content (AvgIpc) is 3.07. The number of amides is 2. The van der Waals surface area contributed by atoms with Gasteiger partial charge in [0.25, 0.3) is 10.0 Å². The molecule has 0 fully saturated rings. The molecule has 0 saturated heterocycles. The molecule has 248 valence electrons. The summed E-state index contributed by atoms with van der Waals surface area (Å²) in [6.07, 6.45) is 1.90. The maximum atomic E-state index is 14.6. The number of halogens is 1. The van der Waals surface area contributed by atoms with Gasteiger partial charge in [-0.25, -0.2) is 8.42 Å². The number of anilines is 1. The number of nitrogens with one attached hydrogen (secondary N) is 1. The molecule has 0 radical (unpaired) electrons. The number of rotatable bonds is 15. The number of aryl methyl sites for hydroxylation is 2. The molecule has 2 amide bonds. The van der Waals surface area contributed by atoms with Crippen LogP contribution in [0.2, 0.25) is 5.02 Å². The van der Waals surface area contributed by atoms with E-state index in [-0.39, 0.29) is 29.5 Å². The lowest BCUT2D eigenvalue weighted by Crippen LogP contribution is -2.53. The van der Waals surface area contributed by atoms with Gasteiger partial charge < -0.3 is 15.0 Å². The summed E-state index contributed by atoms with van der Waals surface area (Å²) >= 11 is 6.47. The van der Waals surface area contributed by atoms with Crippen molar-refractivity contribution in [1.82, 2.24) is 10.2 Å². The Morgan fingerprint density at radius 3 is 2.26 bits per heavy atom. The van der Waals surface area contributed by atoms with Crippen molar-refractivity contribution >= 4 is 39.1 Å². The summed E-state index contributed by atoms with van der Waals surface area (Å²) in [4.78, 5) is 30.0. The summed E-state index contributed by atoms with van der Waals surface area (Å²) in [5.41, 5.74) is 3.49. The fourth-order valence-corrected chi connectivity index (χ4v) is 6.71. The second-order valence-electron chi connectivity index (χ2n) is 11.5. The summed E-state index contributed by atoms with van der Waals surface area (Å²) < 4.78 is 34.9. The van der Waals surface area contributed by atoms with Crippen molar-refractivity contribution in [1.29, 1.82) is 0 Å². The highest BCUT2D eigenvalue weighted by molar-refractivity contribution is 7.92. The second-order valence-corrected chi connectivity index (χ2v) is 13.8. The van der Waals surface area contributed by atoms with Crippen LogP contribution in [0.3, 0.4) is 0 Å². The van der Waals surface area contributed by atoms with E-state index < -0.39 is 28.5 Å². The van der Waals surface area contributed by atoms with Crippen LogP contribution in [0.4, 0.5) is 5.69 Å². The molecule has 0 aromatic heterocycles. The predicted molar refractivity (Wildman–Crippen MR) is 187 cm³/mol. The number of hydrogen-bond donors (Lipinski definition) is 1. The summed E-state index contributed by atoms with van der Waals surface area (Å²) in [6.45, 7) is 5.66. The van der Waals surface area contributed by atoms with Crippen molar-refractivity contribution in [3.8, 4) is 5.75 Å². The van der Waals surface area contributed by atoms with E-state index in [1.165, 1.54) is 17.0 Å². The van der Waals surface area contributed by atoms with Crippen LogP contribution in [0.15, 0.2) is 102 Å². The van der Waals surface area contributed by atoms with Crippen molar-refractivity contribution in [3.05, 3.63) is 124 Å². The molecule has 47 heavy (non-hydrogen) atoms. The van der Waals surface area contributed by atoms with Gasteiger partial charge in [-0.3, -0.25) is 13.9 Å².